The van der Waals surface area contributed by atoms with Crippen LogP contribution in [-0.2, 0) is 19.7 Å². The number of aromatic nitrogens is 1. The van der Waals surface area contributed by atoms with Crippen LogP contribution in [0.25, 0.3) is 0 Å². The van der Waals surface area contributed by atoms with Crippen molar-refractivity contribution in [3.05, 3.63) is 23.9 Å². The van der Waals surface area contributed by atoms with Gasteiger partial charge in [0.05, 0.1) is 0 Å². The molecule has 1 aromatic rings. The number of hydrogen-bond donors (Lipinski definition) is 1. The molecule has 30 heavy (non-hydrogen) atoms. The Bertz CT molecular complexity index is 927. The molecule has 2 rings (SSSR count). The lowest BCUT2D eigenvalue weighted by atomic mass is 10.2. The summed E-state index contributed by atoms with van der Waals surface area (Å²) < 4.78 is 69.5. The Morgan fingerprint density at radius 1 is 1.50 bits per heavy atom. The number of nitrogens with zero attached hydrogens (tertiary/aromatic N) is 3. The Balaban J connectivity index is 2.43. The number of alkyl halides is 4. The Labute approximate surface area is 174 Å². The van der Waals surface area contributed by atoms with Crippen molar-refractivity contribution >= 4 is 33.4 Å². The van der Waals surface area contributed by atoms with Crippen LogP contribution in [0.3, 0.4) is 0 Å². The Kier molecular flexibility index (Phi) is 6.85. The van der Waals surface area contributed by atoms with Crippen LogP contribution in [0, 0.1) is 0 Å². The van der Waals surface area contributed by atoms with Gasteiger partial charge in [-0.2, -0.15) is 17.5 Å². The number of pyridine rings is 1. The molecule has 1 aliphatic rings. The number of rotatable bonds is 8. The van der Waals surface area contributed by atoms with Crippen LogP contribution in [0.2, 0.25) is 0 Å². The van der Waals surface area contributed by atoms with E-state index in [1.54, 1.807) is 0 Å². The molecule has 1 aliphatic heterocycles. The van der Waals surface area contributed by atoms with Crippen molar-refractivity contribution in [2.24, 2.45) is 5.73 Å². The third kappa shape index (κ3) is 4.61. The normalized spacial score (nSPS) is 19.8. The SMILES string of the molecule is CCN1OC[C@@H](N([C@@](C)(Cl)COc2ncccc2C(N)=O)S(=O)(=O)C(F)(F)F)C1=O. The first-order valence-electron chi connectivity index (χ1n) is 8.35. The van der Waals surface area contributed by atoms with E-state index in [1.165, 1.54) is 25.3 Å². The standard InChI is InChI=1S/C15H18ClF3N4O6S/c1-3-22-13(25)10(7-29-22)23(30(26,27)15(17,18)19)14(2,16)8-28-12-9(11(20)24)5-4-6-21-12/h4-6,10H,3,7-8H2,1-2H3,(H2,20,24)/t10-,14-/m1/s1. The predicted molar refractivity (Wildman–Crippen MR) is 96.4 cm³/mol. The highest BCUT2D eigenvalue weighted by atomic mass is 35.5. The fourth-order valence-corrected chi connectivity index (χ4v) is 4.40. The summed E-state index contributed by atoms with van der Waals surface area (Å²) in [5, 5.41) is 0.724. The summed E-state index contributed by atoms with van der Waals surface area (Å²) in [5.41, 5.74) is -0.784. The number of hydroxylamine groups is 2. The number of sulfonamides is 1. The maximum absolute atomic E-state index is 13.3. The van der Waals surface area contributed by atoms with Crippen molar-refractivity contribution in [3.8, 4) is 5.88 Å². The number of nitrogens with two attached hydrogens (primary N) is 1. The van der Waals surface area contributed by atoms with E-state index >= 15 is 0 Å². The second-order valence-corrected chi connectivity index (χ2v) is 8.86. The van der Waals surface area contributed by atoms with Gasteiger partial charge in [0.1, 0.15) is 29.8 Å². The number of amides is 2. The Morgan fingerprint density at radius 2 is 2.13 bits per heavy atom. The summed E-state index contributed by atoms with van der Waals surface area (Å²) in [5.74, 6) is -2.33. The summed E-state index contributed by atoms with van der Waals surface area (Å²) in [6.07, 6.45) is 1.21. The average molecular weight is 475 g/mol. The molecule has 2 amide bonds. The molecule has 1 aromatic heterocycles. The van der Waals surface area contributed by atoms with E-state index in [0.717, 1.165) is 12.0 Å². The van der Waals surface area contributed by atoms with Gasteiger partial charge in [-0.3, -0.25) is 14.4 Å². The molecule has 2 atom stereocenters. The van der Waals surface area contributed by atoms with E-state index in [1.807, 2.05) is 0 Å². The molecule has 0 aromatic carbocycles. The summed E-state index contributed by atoms with van der Waals surface area (Å²) in [4.78, 5) is 30.1. The molecule has 0 aliphatic carbocycles. The zero-order chi connectivity index (χ0) is 22.9. The molecule has 0 radical (unpaired) electrons. The minimum absolute atomic E-state index is 0.0271. The maximum atomic E-state index is 13.3. The van der Waals surface area contributed by atoms with Gasteiger partial charge in [0, 0.05) is 12.7 Å². The van der Waals surface area contributed by atoms with Gasteiger partial charge in [0.15, 0.2) is 0 Å². The predicted octanol–water partition coefficient (Wildman–Crippen LogP) is 0.828. The van der Waals surface area contributed by atoms with Crippen molar-refractivity contribution in [3.63, 3.8) is 0 Å². The number of carbonyl (C=O) groups excluding carboxylic acids is 2. The highest BCUT2D eigenvalue weighted by Crippen LogP contribution is 2.38. The van der Waals surface area contributed by atoms with Crippen LogP contribution >= 0.6 is 11.6 Å². The van der Waals surface area contributed by atoms with Gasteiger partial charge in [-0.15, -0.1) is 0 Å². The van der Waals surface area contributed by atoms with Crippen molar-refractivity contribution in [2.45, 2.75) is 30.4 Å². The number of primary amides is 1. The second-order valence-electron chi connectivity index (χ2n) is 6.24. The van der Waals surface area contributed by atoms with E-state index in [4.69, 9.17) is 26.9 Å². The van der Waals surface area contributed by atoms with Crippen LogP contribution in [-0.4, -0.2) is 70.9 Å². The van der Waals surface area contributed by atoms with E-state index in [-0.39, 0.29) is 22.3 Å². The van der Waals surface area contributed by atoms with E-state index in [0.29, 0.717) is 0 Å². The quantitative estimate of drug-likeness (QED) is 0.436. The minimum atomic E-state index is -6.09. The number of halogens is 4. The van der Waals surface area contributed by atoms with Gasteiger partial charge in [-0.1, -0.05) is 11.6 Å². The molecule has 1 saturated heterocycles. The largest absolute Gasteiger partial charge is 0.511 e. The molecule has 10 nitrogen and oxygen atoms in total. The Morgan fingerprint density at radius 3 is 2.63 bits per heavy atom. The first-order valence-corrected chi connectivity index (χ1v) is 10.2. The zero-order valence-electron chi connectivity index (χ0n) is 15.7. The summed E-state index contributed by atoms with van der Waals surface area (Å²) in [7, 11) is -6.09. The molecular weight excluding hydrogens is 457 g/mol. The van der Waals surface area contributed by atoms with Crippen molar-refractivity contribution in [1.82, 2.24) is 14.4 Å². The van der Waals surface area contributed by atoms with Gasteiger partial charge < -0.3 is 10.5 Å². The second kappa shape index (κ2) is 8.53. The molecule has 2 heterocycles. The first-order chi connectivity index (χ1) is 13.7. The number of ether oxygens (including phenoxy) is 1. The van der Waals surface area contributed by atoms with E-state index < -0.39 is 51.6 Å². The third-order valence-electron chi connectivity index (χ3n) is 4.01. The zero-order valence-corrected chi connectivity index (χ0v) is 17.3. The van der Waals surface area contributed by atoms with Crippen molar-refractivity contribution in [1.29, 1.82) is 0 Å². The summed E-state index contributed by atoms with van der Waals surface area (Å²) in [6.45, 7) is 0.781. The Hall–Kier alpha value is -2.16. The molecule has 168 valence electrons. The molecule has 0 saturated carbocycles. The minimum Gasteiger partial charge on any atom is -0.474 e. The lowest BCUT2D eigenvalue weighted by Gasteiger charge is -2.37. The highest BCUT2D eigenvalue weighted by molar-refractivity contribution is 7.90. The molecular formula is C15H18ClF3N4O6S. The summed E-state index contributed by atoms with van der Waals surface area (Å²) >= 11 is 6.16. The molecule has 15 heteroatoms. The fraction of sp³-hybridized carbons (Fsp3) is 0.533. The average Bonchev–Trinajstić information content (AvgIpc) is 2.99. The number of likely N-dealkylation sites (N-methyl/N-ethyl adjacent to an activating group) is 1. The smallest absolute Gasteiger partial charge is 0.474 e. The first kappa shape index (κ1) is 24.1. The molecule has 1 fully saturated rings. The molecule has 0 unspecified atom stereocenters. The lowest BCUT2D eigenvalue weighted by Crippen LogP contribution is -2.60. The topological polar surface area (TPSA) is 132 Å². The van der Waals surface area contributed by atoms with Crippen LogP contribution < -0.4 is 10.5 Å². The molecule has 2 N–H and O–H groups in total. The fourth-order valence-electron chi connectivity index (χ4n) is 2.69. The lowest BCUT2D eigenvalue weighted by molar-refractivity contribution is -0.160. The van der Waals surface area contributed by atoms with Crippen LogP contribution in [0.5, 0.6) is 5.88 Å². The van der Waals surface area contributed by atoms with Gasteiger partial charge in [-0.25, -0.2) is 18.5 Å². The van der Waals surface area contributed by atoms with Gasteiger partial charge in [0.25, 0.3) is 11.8 Å². The maximum Gasteiger partial charge on any atom is 0.511 e. The van der Waals surface area contributed by atoms with Gasteiger partial charge in [0.2, 0.25) is 5.88 Å². The van der Waals surface area contributed by atoms with Gasteiger partial charge >= 0.3 is 15.5 Å². The number of carbonyl (C=O) groups is 2. The third-order valence-corrected chi connectivity index (χ3v) is 6.16. The van der Waals surface area contributed by atoms with Gasteiger partial charge in [-0.05, 0) is 26.0 Å². The molecule has 0 bridgehead atoms. The molecule has 0 spiro atoms. The highest BCUT2D eigenvalue weighted by Gasteiger charge is 2.60. The van der Waals surface area contributed by atoms with Crippen LogP contribution in [0.1, 0.15) is 24.2 Å². The van der Waals surface area contributed by atoms with Crippen LogP contribution in [0.4, 0.5) is 13.2 Å². The van der Waals surface area contributed by atoms with Crippen molar-refractivity contribution < 1.29 is 40.8 Å². The summed E-state index contributed by atoms with van der Waals surface area (Å²) in [6, 6.07) is 0.719. The van der Waals surface area contributed by atoms with E-state index in [2.05, 4.69) is 4.98 Å². The monoisotopic (exact) mass is 474 g/mol. The van der Waals surface area contributed by atoms with Crippen molar-refractivity contribution in [2.75, 3.05) is 19.8 Å². The van der Waals surface area contributed by atoms with Crippen LogP contribution in [0.15, 0.2) is 18.3 Å². The number of hydrogen-bond acceptors (Lipinski definition) is 7. The van der Waals surface area contributed by atoms with E-state index in [9.17, 15) is 31.2 Å².